The Balaban J connectivity index is 1.90. The molecule has 2 aromatic rings. The lowest BCUT2D eigenvalue weighted by Crippen LogP contribution is -2.24. The van der Waals surface area contributed by atoms with E-state index in [1.54, 1.807) is 7.11 Å². The van der Waals surface area contributed by atoms with Crippen molar-refractivity contribution in [3.8, 4) is 5.75 Å². The second kappa shape index (κ2) is 7.03. The Morgan fingerprint density at radius 3 is 2.96 bits per heavy atom. The predicted octanol–water partition coefficient (Wildman–Crippen LogP) is 4.32. The minimum Gasteiger partial charge on any atom is -0.497 e. The van der Waals surface area contributed by atoms with Crippen LogP contribution in [0.2, 0.25) is 0 Å². The van der Waals surface area contributed by atoms with Crippen molar-refractivity contribution in [1.82, 2.24) is 4.57 Å². The highest BCUT2D eigenvalue weighted by molar-refractivity contribution is 5.81. The zero-order valence-electron chi connectivity index (χ0n) is 14.0. The molecule has 0 N–H and O–H groups in total. The maximum Gasteiger partial charge on any atom is 0.189 e. The van der Waals surface area contributed by atoms with Crippen molar-refractivity contribution >= 4 is 10.9 Å². The Bertz CT molecular complexity index is 773. The molecule has 0 saturated carbocycles. The number of fused-ring (bicyclic) bond motifs is 3. The Hall–Kier alpha value is -2.03. The molecule has 1 unspecified atom stereocenters. The fourth-order valence-corrected chi connectivity index (χ4v) is 3.51. The van der Waals surface area contributed by atoms with E-state index in [1.807, 2.05) is 24.3 Å². The SMILES string of the molecule is CC/C=C\CCC1CCc2cc(=O)c3cc(OC)ccc3n2C1. The van der Waals surface area contributed by atoms with Crippen LogP contribution in [0, 0.1) is 5.92 Å². The summed E-state index contributed by atoms with van der Waals surface area (Å²) in [5.41, 5.74) is 2.32. The molecular formula is C20H25NO2. The van der Waals surface area contributed by atoms with Crippen LogP contribution < -0.4 is 10.2 Å². The number of hydrogen-bond acceptors (Lipinski definition) is 2. The molecule has 3 rings (SSSR count). The maximum atomic E-state index is 12.4. The third-order valence-corrected chi connectivity index (χ3v) is 4.80. The Kier molecular flexibility index (Phi) is 4.85. The van der Waals surface area contributed by atoms with E-state index in [0.717, 1.165) is 42.5 Å². The summed E-state index contributed by atoms with van der Waals surface area (Å²) in [6.45, 7) is 3.18. The Morgan fingerprint density at radius 1 is 1.30 bits per heavy atom. The van der Waals surface area contributed by atoms with Crippen LogP contribution in [0.3, 0.4) is 0 Å². The van der Waals surface area contributed by atoms with Crippen molar-refractivity contribution in [3.63, 3.8) is 0 Å². The van der Waals surface area contributed by atoms with Crippen LogP contribution in [0.4, 0.5) is 0 Å². The van der Waals surface area contributed by atoms with Crippen LogP contribution in [-0.4, -0.2) is 11.7 Å². The number of nitrogens with zero attached hydrogens (tertiary/aromatic N) is 1. The molecule has 1 atom stereocenters. The largest absolute Gasteiger partial charge is 0.497 e. The average Bonchev–Trinajstić information content (AvgIpc) is 2.59. The second-order valence-corrected chi connectivity index (χ2v) is 6.36. The molecule has 1 aliphatic heterocycles. The van der Waals surface area contributed by atoms with Crippen molar-refractivity contribution < 1.29 is 4.74 Å². The van der Waals surface area contributed by atoms with Gasteiger partial charge in [-0.05, 0) is 56.2 Å². The number of rotatable bonds is 5. The van der Waals surface area contributed by atoms with Crippen molar-refractivity contribution in [3.05, 3.63) is 52.3 Å². The van der Waals surface area contributed by atoms with Crippen molar-refractivity contribution in [2.75, 3.05) is 7.11 Å². The van der Waals surface area contributed by atoms with Crippen molar-refractivity contribution in [2.24, 2.45) is 5.92 Å². The molecule has 0 bridgehead atoms. The van der Waals surface area contributed by atoms with E-state index in [9.17, 15) is 4.79 Å². The van der Waals surface area contributed by atoms with Crippen LogP contribution in [-0.2, 0) is 13.0 Å². The molecule has 2 heterocycles. The number of benzene rings is 1. The number of pyridine rings is 1. The van der Waals surface area contributed by atoms with E-state index < -0.39 is 0 Å². The first-order chi connectivity index (χ1) is 11.2. The molecule has 0 radical (unpaired) electrons. The minimum atomic E-state index is 0.106. The summed E-state index contributed by atoms with van der Waals surface area (Å²) in [5, 5.41) is 0.764. The summed E-state index contributed by atoms with van der Waals surface area (Å²) in [5.74, 6) is 1.43. The molecule has 1 aromatic heterocycles. The predicted molar refractivity (Wildman–Crippen MR) is 95.2 cm³/mol. The van der Waals surface area contributed by atoms with Crippen LogP contribution in [0.15, 0.2) is 41.2 Å². The van der Waals surface area contributed by atoms with E-state index in [4.69, 9.17) is 4.74 Å². The van der Waals surface area contributed by atoms with E-state index in [1.165, 1.54) is 18.5 Å². The summed E-state index contributed by atoms with van der Waals surface area (Å²) in [4.78, 5) is 12.4. The first kappa shape index (κ1) is 15.9. The van der Waals surface area contributed by atoms with Crippen LogP contribution in [0.5, 0.6) is 5.75 Å². The van der Waals surface area contributed by atoms with E-state index in [0.29, 0.717) is 5.92 Å². The smallest absolute Gasteiger partial charge is 0.189 e. The van der Waals surface area contributed by atoms with Gasteiger partial charge in [0, 0.05) is 23.7 Å². The lowest BCUT2D eigenvalue weighted by molar-refractivity contribution is 0.354. The molecule has 1 aliphatic rings. The molecule has 1 aromatic carbocycles. The summed E-state index contributed by atoms with van der Waals surface area (Å²) in [6, 6.07) is 7.65. The molecule has 0 spiro atoms. The third-order valence-electron chi connectivity index (χ3n) is 4.80. The summed E-state index contributed by atoms with van der Waals surface area (Å²) < 4.78 is 7.60. The van der Waals surface area contributed by atoms with E-state index >= 15 is 0 Å². The highest BCUT2D eigenvalue weighted by Gasteiger charge is 2.20. The normalized spacial score (nSPS) is 17.6. The van der Waals surface area contributed by atoms with Crippen LogP contribution >= 0.6 is 0 Å². The molecule has 0 aliphatic carbocycles. The van der Waals surface area contributed by atoms with Crippen molar-refractivity contribution in [2.45, 2.75) is 45.6 Å². The quantitative estimate of drug-likeness (QED) is 0.770. The van der Waals surface area contributed by atoms with E-state index in [2.05, 4.69) is 23.6 Å². The monoisotopic (exact) mass is 311 g/mol. The number of aromatic nitrogens is 1. The summed E-state index contributed by atoms with van der Waals surface area (Å²) in [7, 11) is 1.64. The van der Waals surface area contributed by atoms with Gasteiger partial charge in [-0.15, -0.1) is 0 Å². The van der Waals surface area contributed by atoms with Gasteiger partial charge in [-0.1, -0.05) is 19.1 Å². The maximum absolute atomic E-state index is 12.4. The van der Waals surface area contributed by atoms with Crippen LogP contribution in [0.1, 0.15) is 38.3 Å². The Morgan fingerprint density at radius 2 is 2.17 bits per heavy atom. The van der Waals surface area contributed by atoms with E-state index in [-0.39, 0.29) is 5.43 Å². The van der Waals surface area contributed by atoms with Gasteiger partial charge in [0.2, 0.25) is 0 Å². The molecule has 3 nitrogen and oxygen atoms in total. The van der Waals surface area contributed by atoms with Gasteiger partial charge in [0.25, 0.3) is 0 Å². The van der Waals surface area contributed by atoms with Gasteiger partial charge < -0.3 is 9.30 Å². The second-order valence-electron chi connectivity index (χ2n) is 6.36. The lowest BCUT2D eigenvalue weighted by atomic mass is 9.92. The number of allylic oxidation sites excluding steroid dienone is 2. The highest BCUT2D eigenvalue weighted by Crippen LogP contribution is 2.28. The molecule has 0 fully saturated rings. The van der Waals surface area contributed by atoms with Gasteiger partial charge in [-0.25, -0.2) is 0 Å². The first-order valence-electron chi connectivity index (χ1n) is 8.58. The fraction of sp³-hybridized carbons (Fsp3) is 0.450. The van der Waals surface area contributed by atoms with Gasteiger partial charge in [-0.2, -0.15) is 0 Å². The van der Waals surface area contributed by atoms with Gasteiger partial charge in [0.05, 0.1) is 12.6 Å². The molecule has 23 heavy (non-hydrogen) atoms. The fourth-order valence-electron chi connectivity index (χ4n) is 3.51. The lowest BCUT2D eigenvalue weighted by Gasteiger charge is -2.28. The zero-order valence-corrected chi connectivity index (χ0v) is 14.0. The first-order valence-corrected chi connectivity index (χ1v) is 8.58. The molecule has 0 saturated heterocycles. The standard InChI is InChI=1S/C20H25NO2/c1-3-4-5-6-7-15-8-9-16-12-20(22)18-13-17(23-2)10-11-19(18)21(16)14-15/h4-5,10-13,15H,3,6-9,14H2,1-2H3/b5-4-. The molecular weight excluding hydrogens is 286 g/mol. The van der Waals surface area contributed by atoms with Gasteiger partial charge in [-0.3, -0.25) is 4.79 Å². The number of aryl methyl sites for hydroxylation is 1. The third kappa shape index (κ3) is 3.34. The van der Waals surface area contributed by atoms with Crippen molar-refractivity contribution in [1.29, 1.82) is 0 Å². The molecule has 0 amide bonds. The van der Waals surface area contributed by atoms with Gasteiger partial charge in [0.1, 0.15) is 5.75 Å². The molecule has 3 heteroatoms. The molecule has 122 valence electrons. The summed E-state index contributed by atoms with van der Waals surface area (Å²) >= 11 is 0. The number of hydrogen-bond donors (Lipinski definition) is 0. The highest BCUT2D eigenvalue weighted by atomic mass is 16.5. The summed E-state index contributed by atoms with van der Waals surface area (Å²) in [6.07, 6.45) is 10.2. The van der Waals surface area contributed by atoms with Gasteiger partial charge in [0.15, 0.2) is 5.43 Å². The Labute approximate surface area is 137 Å². The van der Waals surface area contributed by atoms with Gasteiger partial charge >= 0.3 is 0 Å². The zero-order chi connectivity index (χ0) is 16.2. The topological polar surface area (TPSA) is 31.2 Å². The average molecular weight is 311 g/mol. The number of methoxy groups -OCH3 is 1. The minimum absolute atomic E-state index is 0.106. The van der Waals surface area contributed by atoms with Crippen LogP contribution in [0.25, 0.3) is 10.9 Å². The number of ether oxygens (including phenoxy) is 1.